The van der Waals surface area contributed by atoms with Gasteiger partial charge in [0.25, 0.3) is 0 Å². The molecule has 0 spiro atoms. The molecule has 0 aliphatic heterocycles. The van der Waals surface area contributed by atoms with Crippen molar-refractivity contribution in [3.8, 4) is 0 Å². The summed E-state index contributed by atoms with van der Waals surface area (Å²) in [5.41, 5.74) is -0.149. The van der Waals surface area contributed by atoms with Crippen LogP contribution in [0.1, 0.15) is 33.1 Å². The largest absolute Gasteiger partial charge is 0.395 e. The maximum atomic E-state index is 9.20. The van der Waals surface area contributed by atoms with Crippen LogP contribution >= 0.6 is 0 Å². The first kappa shape index (κ1) is 12.0. The van der Waals surface area contributed by atoms with Gasteiger partial charge in [-0.2, -0.15) is 0 Å². The average Bonchev–Trinajstić information content (AvgIpc) is 2.95. The molecule has 0 bridgehead atoms. The molecule has 0 radical (unpaired) electrons. The van der Waals surface area contributed by atoms with Gasteiger partial charge < -0.3 is 15.2 Å². The monoisotopic (exact) mass is 201 g/mol. The Morgan fingerprint density at radius 2 is 2.14 bits per heavy atom. The van der Waals surface area contributed by atoms with Crippen molar-refractivity contribution in [2.24, 2.45) is 5.92 Å². The number of nitrogens with one attached hydrogen (secondary N) is 1. The lowest BCUT2D eigenvalue weighted by molar-refractivity contribution is 0.00158. The van der Waals surface area contributed by atoms with Crippen LogP contribution in [0.5, 0.6) is 0 Å². The van der Waals surface area contributed by atoms with E-state index in [1.165, 1.54) is 12.8 Å². The molecule has 1 unspecified atom stereocenters. The minimum absolute atomic E-state index is 0.149. The fourth-order valence-corrected chi connectivity index (χ4v) is 1.53. The van der Waals surface area contributed by atoms with Crippen molar-refractivity contribution in [2.75, 3.05) is 20.3 Å². The zero-order chi connectivity index (χ0) is 10.6. The van der Waals surface area contributed by atoms with Crippen LogP contribution in [0, 0.1) is 5.92 Å². The van der Waals surface area contributed by atoms with Crippen molar-refractivity contribution in [1.82, 2.24) is 5.32 Å². The van der Waals surface area contributed by atoms with Gasteiger partial charge in [0, 0.05) is 13.2 Å². The molecule has 1 fully saturated rings. The SMILES string of the molecule is COC(C)(C)CC(CO)NCC1CC1. The van der Waals surface area contributed by atoms with Gasteiger partial charge in [-0.05, 0) is 45.6 Å². The van der Waals surface area contributed by atoms with Gasteiger partial charge >= 0.3 is 0 Å². The summed E-state index contributed by atoms with van der Waals surface area (Å²) >= 11 is 0. The number of methoxy groups -OCH3 is 1. The minimum Gasteiger partial charge on any atom is -0.395 e. The van der Waals surface area contributed by atoms with Gasteiger partial charge in [-0.1, -0.05) is 0 Å². The fraction of sp³-hybridized carbons (Fsp3) is 1.00. The van der Waals surface area contributed by atoms with E-state index in [2.05, 4.69) is 19.2 Å². The van der Waals surface area contributed by atoms with E-state index in [0.29, 0.717) is 0 Å². The smallest absolute Gasteiger partial charge is 0.0638 e. The lowest BCUT2D eigenvalue weighted by Crippen LogP contribution is -2.40. The third-order valence-corrected chi connectivity index (χ3v) is 2.90. The molecule has 0 aromatic heterocycles. The van der Waals surface area contributed by atoms with Crippen molar-refractivity contribution in [3.63, 3.8) is 0 Å². The number of hydrogen-bond acceptors (Lipinski definition) is 3. The molecule has 1 saturated carbocycles. The lowest BCUT2D eigenvalue weighted by atomic mass is 9.99. The Bertz CT molecular complexity index is 167. The normalized spacial score (nSPS) is 19.7. The summed E-state index contributed by atoms with van der Waals surface area (Å²) in [6.45, 7) is 5.34. The molecule has 0 amide bonds. The van der Waals surface area contributed by atoms with Gasteiger partial charge in [-0.25, -0.2) is 0 Å². The summed E-state index contributed by atoms with van der Waals surface area (Å²) in [6.07, 6.45) is 3.55. The van der Waals surface area contributed by atoms with E-state index in [1.54, 1.807) is 7.11 Å². The summed E-state index contributed by atoms with van der Waals surface area (Å²) in [5, 5.41) is 12.6. The van der Waals surface area contributed by atoms with Gasteiger partial charge in [0.1, 0.15) is 0 Å². The first-order valence-corrected chi connectivity index (χ1v) is 5.47. The highest BCUT2D eigenvalue weighted by Gasteiger charge is 2.25. The highest BCUT2D eigenvalue weighted by Crippen LogP contribution is 2.28. The summed E-state index contributed by atoms with van der Waals surface area (Å²) in [6, 6.07) is 0.172. The van der Waals surface area contributed by atoms with Crippen LogP contribution in [0.3, 0.4) is 0 Å². The number of aliphatic hydroxyl groups excluding tert-OH is 1. The Morgan fingerprint density at radius 3 is 2.57 bits per heavy atom. The topological polar surface area (TPSA) is 41.5 Å². The van der Waals surface area contributed by atoms with Crippen molar-refractivity contribution >= 4 is 0 Å². The summed E-state index contributed by atoms with van der Waals surface area (Å²) in [5.74, 6) is 0.856. The summed E-state index contributed by atoms with van der Waals surface area (Å²) in [7, 11) is 1.72. The molecule has 0 aromatic rings. The molecule has 1 atom stereocenters. The number of rotatable bonds is 7. The molecule has 3 nitrogen and oxygen atoms in total. The Labute approximate surface area is 86.8 Å². The van der Waals surface area contributed by atoms with Crippen LogP contribution in [0.25, 0.3) is 0 Å². The van der Waals surface area contributed by atoms with Crippen molar-refractivity contribution < 1.29 is 9.84 Å². The van der Waals surface area contributed by atoms with Crippen LogP contribution in [0.2, 0.25) is 0 Å². The molecular weight excluding hydrogens is 178 g/mol. The Hall–Kier alpha value is -0.120. The van der Waals surface area contributed by atoms with Crippen LogP contribution in [0.15, 0.2) is 0 Å². The first-order valence-electron chi connectivity index (χ1n) is 5.47. The third-order valence-electron chi connectivity index (χ3n) is 2.90. The molecular formula is C11H23NO2. The Balaban J connectivity index is 2.21. The number of hydrogen-bond donors (Lipinski definition) is 2. The quantitative estimate of drug-likeness (QED) is 0.649. The molecule has 0 heterocycles. The second-order valence-corrected chi connectivity index (χ2v) is 4.90. The third kappa shape index (κ3) is 4.40. The highest BCUT2D eigenvalue weighted by atomic mass is 16.5. The second-order valence-electron chi connectivity index (χ2n) is 4.90. The Kier molecular flexibility index (Phi) is 4.35. The van der Waals surface area contributed by atoms with E-state index in [0.717, 1.165) is 18.9 Å². The maximum absolute atomic E-state index is 9.20. The van der Waals surface area contributed by atoms with E-state index in [-0.39, 0.29) is 18.2 Å². The van der Waals surface area contributed by atoms with E-state index in [9.17, 15) is 5.11 Å². The molecule has 3 heteroatoms. The molecule has 0 aromatic carbocycles. The van der Waals surface area contributed by atoms with Crippen LogP contribution in [0.4, 0.5) is 0 Å². The van der Waals surface area contributed by atoms with Crippen molar-refractivity contribution in [1.29, 1.82) is 0 Å². The van der Waals surface area contributed by atoms with Gasteiger partial charge in [0.05, 0.1) is 12.2 Å². The molecule has 2 N–H and O–H groups in total. The van der Waals surface area contributed by atoms with Gasteiger partial charge in [-0.3, -0.25) is 0 Å². The van der Waals surface area contributed by atoms with Crippen LogP contribution in [-0.2, 0) is 4.74 Å². The van der Waals surface area contributed by atoms with Crippen molar-refractivity contribution in [2.45, 2.75) is 44.8 Å². The number of ether oxygens (including phenoxy) is 1. The summed E-state index contributed by atoms with van der Waals surface area (Å²) < 4.78 is 5.34. The van der Waals surface area contributed by atoms with Crippen LogP contribution in [-0.4, -0.2) is 37.0 Å². The van der Waals surface area contributed by atoms with E-state index >= 15 is 0 Å². The summed E-state index contributed by atoms with van der Waals surface area (Å²) in [4.78, 5) is 0. The lowest BCUT2D eigenvalue weighted by Gasteiger charge is -2.28. The minimum atomic E-state index is -0.149. The molecule has 0 saturated heterocycles. The molecule has 14 heavy (non-hydrogen) atoms. The standard InChI is InChI=1S/C11H23NO2/c1-11(2,14-3)6-10(8-13)12-7-9-4-5-9/h9-10,12-13H,4-8H2,1-3H3. The zero-order valence-electron chi connectivity index (χ0n) is 9.55. The first-order chi connectivity index (χ1) is 6.57. The molecule has 1 aliphatic rings. The second kappa shape index (κ2) is 5.10. The van der Waals surface area contributed by atoms with Gasteiger partial charge in [0.15, 0.2) is 0 Å². The van der Waals surface area contributed by atoms with E-state index in [1.807, 2.05) is 0 Å². The maximum Gasteiger partial charge on any atom is 0.0638 e. The predicted octanol–water partition coefficient (Wildman–Crippen LogP) is 1.16. The molecule has 1 rings (SSSR count). The van der Waals surface area contributed by atoms with E-state index in [4.69, 9.17) is 4.74 Å². The molecule has 1 aliphatic carbocycles. The fourth-order valence-electron chi connectivity index (χ4n) is 1.53. The number of aliphatic hydroxyl groups is 1. The average molecular weight is 201 g/mol. The predicted molar refractivity (Wildman–Crippen MR) is 57.3 cm³/mol. The van der Waals surface area contributed by atoms with Gasteiger partial charge in [-0.15, -0.1) is 0 Å². The molecule has 84 valence electrons. The van der Waals surface area contributed by atoms with E-state index < -0.39 is 0 Å². The zero-order valence-corrected chi connectivity index (χ0v) is 9.55. The van der Waals surface area contributed by atoms with Gasteiger partial charge in [0.2, 0.25) is 0 Å². The van der Waals surface area contributed by atoms with Crippen molar-refractivity contribution in [3.05, 3.63) is 0 Å². The van der Waals surface area contributed by atoms with Crippen LogP contribution < -0.4 is 5.32 Å². The Morgan fingerprint density at radius 1 is 1.50 bits per heavy atom. The highest BCUT2D eigenvalue weighted by molar-refractivity contribution is 4.81.